The molecule has 38 heavy (non-hydrogen) atoms. The van der Waals surface area contributed by atoms with E-state index in [0.717, 1.165) is 29.8 Å². The van der Waals surface area contributed by atoms with Gasteiger partial charge in [-0.05, 0) is 66.1 Å². The number of rotatable bonds is 5. The summed E-state index contributed by atoms with van der Waals surface area (Å²) in [5, 5.41) is 12.9. The molecule has 2 aromatic heterocycles. The van der Waals surface area contributed by atoms with Gasteiger partial charge in [0.2, 0.25) is 0 Å². The van der Waals surface area contributed by atoms with Crippen molar-refractivity contribution in [3.63, 3.8) is 0 Å². The zero-order valence-corrected chi connectivity index (χ0v) is 20.4. The second-order valence-electron chi connectivity index (χ2n) is 10.0. The van der Waals surface area contributed by atoms with Crippen LogP contribution in [-0.4, -0.2) is 46.3 Å². The summed E-state index contributed by atoms with van der Waals surface area (Å²) >= 11 is 0. The maximum Gasteiger partial charge on any atom is 0.274 e. The quantitative estimate of drug-likeness (QED) is 0.427. The number of hydrogen-bond donors (Lipinski definition) is 3. The van der Waals surface area contributed by atoms with Crippen LogP contribution in [0.5, 0.6) is 0 Å². The van der Waals surface area contributed by atoms with Crippen molar-refractivity contribution in [2.24, 2.45) is 11.7 Å². The molecule has 1 aliphatic carbocycles. The van der Waals surface area contributed by atoms with Crippen molar-refractivity contribution in [3.05, 3.63) is 77.0 Å². The molecule has 1 aromatic carbocycles. The molecule has 5 rings (SSSR count). The number of carbonyl (C=O) groups is 1. The Balaban J connectivity index is 1.43. The van der Waals surface area contributed by atoms with Crippen LogP contribution in [0.1, 0.15) is 47.3 Å². The molecule has 1 aliphatic heterocycles. The molecular weight excluding hydrogens is 504 g/mol. The van der Waals surface area contributed by atoms with Crippen LogP contribution in [0.15, 0.2) is 42.7 Å². The first kappa shape index (κ1) is 26.2. The Morgan fingerprint density at radius 2 is 1.84 bits per heavy atom. The van der Waals surface area contributed by atoms with Crippen LogP contribution in [0.2, 0.25) is 0 Å². The van der Waals surface area contributed by atoms with E-state index in [1.54, 1.807) is 12.3 Å². The topological polar surface area (TPSA) is 110 Å². The number of nitrogens with two attached hydrogens (primary N) is 1. The Hall–Kier alpha value is -3.41. The summed E-state index contributed by atoms with van der Waals surface area (Å²) in [5.74, 6) is -4.35. The first-order chi connectivity index (χ1) is 18.1. The molecule has 11 heteroatoms. The third-order valence-electron chi connectivity index (χ3n) is 7.31. The van der Waals surface area contributed by atoms with Crippen LogP contribution in [-0.2, 0) is 10.4 Å². The highest BCUT2D eigenvalue weighted by Crippen LogP contribution is 2.39. The van der Waals surface area contributed by atoms with Gasteiger partial charge in [0.25, 0.3) is 5.91 Å². The van der Waals surface area contributed by atoms with Crippen LogP contribution < -0.4 is 11.1 Å². The summed E-state index contributed by atoms with van der Waals surface area (Å²) in [6, 6.07) is 4.85. The number of halogens is 4. The van der Waals surface area contributed by atoms with Crippen LogP contribution >= 0.6 is 0 Å². The van der Waals surface area contributed by atoms with Crippen LogP contribution in [0.25, 0.3) is 11.3 Å². The zero-order chi connectivity index (χ0) is 27.2. The number of carbonyl (C=O) groups excluding carboxylic acids is 1. The second-order valence-corrected chi connectivity index (χ2v) is 10.0. The Morgan fingerprint density at radius 3 is 2.47 bits per heavy atom. The van der Waals surface area contributed by atoms with Crippen molar-refractivity contribution >= 4 is 11.6 Å². The fourth-order valence-electron chi connectivity index (χ4n) is 5.13. The van der Waals surface area contributed by atoms with Gasteiger partial charge in [-0.15, -0.1) is 0 Å². The van der Waals surface area contributed by atoms with Gasteiger partial charge in [-0.1, -0.05) is 6.92 Å². The summed E-state index contributed by atoms with van der Waals surface area (Å²) in [5.41, 5.74) is 3.15. The molecular formula is C27H26F4N4O3. The second kappa shape index (κ2) is 10.0. The van der Waals surface area contributed by atoms with E-state index >= 15 is 0 Å². The van der Waals surface area contributed by atoms with Gasteiger partial charge in [-0.3, -0.25) is 9.78 Å². The molecule has 0 bridgehead atoms. The van der Waals surface area contributed by atoms with Gasteiger partial charge in [0.05, 0.1) is 36.8 Å². The van der Waals surface area contributed by atoms with Gasteiger partial charge in [-0.2, -0.15) is 0 Å². The summed E-state index contributed by atoms with van der Waals surface area (Å²) in [6.07, 6.45) is 3.54. The third-order valence-corrected chi connectivity index (χ3v) is 7.31. The number of aromatic nitrogens is 2. The number of alkyl halides is 1. The average molecular weight is 531 g/mol. The monoisotopic (exact) mass is 530 g/mol. The third kappa shape index (κ3) is 4.77. The molecule has 3 aromatic rings. The number of pyridine rings is 2. The van der Waals surface area contributed by atoms with E-state index in [9.17, 15) is 27.5 Å². The minimum atomic E-state index is -2.02. The lowest BCUT2D eigenvalue weighted by atomic mass is 9.74. The molecule has 7 nitrogen and oxygen atoms in total. The molecule has 4 atom stereocenters. The van der Waals surface area contributed by atoms with E-state index in [4.69, 9.17) is 10.5 Å². The molecule has 0 spiro atoms. The van der Waals surface area contributed by atoms with E-state index in [1.165, 1.54) is 6.20 Å². The molecule has 0 unspecified atom stereocenters. The van der Waals surface area contributed by atoms with Crippen molar-refractivity contribution in [1.82, 2.24) is 9.97 Å². The first-order valence-electron chi connectivity index (χ1n) is 12.2. The lowest BCUT2D eigenvalue weighted by molar-refractivity contribution is -0.135. The van der Waals surface area contributed by atoms with E-state index in [1.807, 2.05) is 6.92 Å². The number of aliphatic hydroxyl groups excluding tert-OH is 1. The van der Waals surface area contributed by atoms with Gasteiger partial charge in [0.1, 0.15) is 28.8 Å². The normalized spacial score (nSPS) is 24.5. The molecule has 1 amide bonds. The van der Waals surface area contributed by atoms with E-state index in [0.29, 0.717) is 18.5 Å². The Kier molecular flexibility index (Phi) is 6.93. The fraction of sp³-hybridized carbons (Fsp3) is 0.370. The predicted octanol–water partition coefficient (Wildman–Crippen LogP) is 4.21. The van der Waals surface area contributed by atoms with Crippen molar-refractivity contribution < 1.29 is 32.2 Å². The molecule has 1 saturated heterocycles. The zero-order valence-electron chi connectivity index (χ0n) is 20.4. The Bertz CT molecular complexity index is 1350. The van der Waals surface area contributed by atoms with Crippen LogP contribution in [0, 0.1) is 23.4 Å². The number of nitrogens with zero attached hydrogens (tertiary/aromatic N) is 2. The van der Waals surface area contributed by atoms with E-state index in [-0.39, 0.29) is 36.3 Å². The van der Waals surface area contributed by atoms with Crippen molar-refractivity contribution in [2.45, 2.75) is 43.5 Å². The lowest BCUT2D eigenvalue weighted by Gasteiger charge is -2.36. The number of aliphatic hydroxyl groups is 1. The number of nitrogens with one attached hydrogen (secondary N) is 1. The SMILES string of the molecule is C[C@H]1C[C@@H](c2ccncc2NC(=O)c2ccc(F)c(-c3c(F)cc(C4(F)COC4)cc3F)n2)C[C@@H](N)[C@@H]1O. The van der Waals surface area contributed by atoms with Crippen molar-refractivity contribution in [3.8, 4) is 11.3 Å². The van der Waals surface area contributed by atoms with Crippen molar-refractivity contribution in [2.75, 3.05) is 18.5 Å². The summed E-state index contributed by atoms with van der Waals surface area (Å²) in [7, 11) is 0. The molecule has 1 saturated carbocycles. The largest absolute Gasteiger partial charge is 0.391 e. The van der Waals surface area contributed by atoms with Gasteiger partial charge in [0.15, 0.2) is 5.67 Å². The molecule has 3 heterocycles. The average Bonchev–Trinajstić information content (AvgIpc) is 2.86. The van der Waals surface area contributed by atoms with Crippen LogP contribution in [0.3, 0.4) is 0 Å². The van der Waals surface area contributed by atoms with Crippen molar-refractivity contribution in [1.29, 1.82) is 0 Å². The first-order valence-corrected chi connectivity index (χ1v) is 12.2. The Morgan fingerprint density at radius 1 is 1.13 bits per heavy atom. The number of anilines is 1. The lowest BCUT2D eigenvalue weighted by Crippen LogP contribution is -2.44. The molecule has 2 fully saturated rings. The standard InChI is InChI=1S/C27H26F4N4O3/c1-13-6-14(7-20(32)25(13)36)16-4-5-33-10-22(16)35-26(37)21-3-2-17(28)24(34-21)23-18(29)8-15(9-19(23)30)27(31)11-38-12-27/h2-5,8-10,13-14,20,25,36H,6-7,11-12,32H2,1H3,(H,35,37)/t13-,14+,20+,25+/m0/s1. The highest BCUT2D eigenvalue weighted by Gasteiger charge is 2.42. The molecule has 4 N–H and O–H groups in total. The maximum absolute atomic E-state index is 14.9. The summed E-state index contributed by atoms with van der Waals surface area (Å²) in [6.45, 7) is 1.23. The van der Waals surface area contributed by atoms with Crippen LogP contribution in [0.4, 0.5) is 23.2 Å². The van der Waals surface area contributed by atoms with Gasteiger partial charge < -0.3 is 20.9 Å². The number of amides is 1. The van der Waals surface area contributed by atoms with Gasteiger partial charge in [0, 0.05) is 12.2 Å². The number of hydrogen-bond acceptors (Lipinski definition) is 6. The smallest absolute Gasteiger partial charge is 0.274 e. The van der Waals surface area contributed by atoms with E-state index in [2.05, 4.69) is 15.3 Å². The fourth-order valence-corrected chi connectivity index (χ4v) is 5.13. The maximum atomic E-state index is 14.9. The van der Waals surface area contributed by atoms with E-state index < -0.39 is 52.4 Å². The highest BCUT2D eigenvalue weighted by molar-refractivity contribution is 6.03. The number of benzene rings is 1. The minimum absolute atomic E-state index is 0.0536. The highest BCUT2D eigenvalue weighted by atomic mass is 19.2. The number of ether oxygens (including phenoxy) is 1. The summed E-state index contributed by atoms with van der Waals surface area (Å²) in [4.78, 5) is 21.1. The predicted molar refractivity (Wildman–Crippen MR) is 130 cm³/mol. The molecule has 200 valence electrons. The minimum Gasteiger partial charge on any atom is -0.391 e. The molecule has 2 aliphatic rings. The van der Waals surface area contributed by atoms with Gasteiger partial charge in [-0.25, -0.2) is 22.5 Å². The van der Waals surface area contributed by atoms with Gasteiger partial charge >= 0.3 is 0 Å². The molecule has 0 radical (unpaired) electrons. The Labute approximate surface area is 216 Å². The summed E-state index contributed by atoms with van der Waals surface area (Å²) < 4.78 is 63.9.